The van der Waals surface area contributed by atoms with E-state index in [2.05, 4.69) is 14.8 Å². The van der Waals surface area contributed by atoms with Crippen molar-refractivity contribution < 1.29 is 0 Å². The molecular weight excluding hydrogens is 245 g/mol. The first-order valence-electron chi connectivity index (χ1n) is 5.11. The molecule has 90 valence electrons. The molecule has 16 heavy (non-hydrogen) atoms. The number of halogens is 2. The Balaban J connectivity index is 2.72. The van der Waals surface area contributed by atoms with Crippen molar-refractivity contribution in [2.75, 3.05) is 39.1 Å². The summed E-state index contributed by atoms with van der Waals surface area (Å²) in [7, 11) is 6.11. The van der Waals surface area contributed by atoms with Crippen molar-refractivity contribution in [3.8, 4) is 0 Å². The minimum atomic E-state index is 0.413. The number of aromatic nitrogens is 1. The van der Waals surface area contributed by atoms with Gasteiger partial charge in [-0.05, 0) is 25.7 Å². The van der Waals surface area contributed by atoms with Crippen molar-refractivity contribution in [3.63, 3.8) is 0 Å². The lowest BCUT2D eigenvalue weighted by atomic mass is 10.3. The number of anilines is 1. The van der Waals surface area contributed by atoms with Crippen LogP contribution in [0, 0.1) is 0 Å². The Morgan fingerprint density at radius 2 is 1.94 bits per heavy atom. The molecule has 0 saturated carbocycles. The third-order valence-electron chi connectivity index (χ3n) is 2.34. The van der Waals surface area contributed by atoms with E-state index in [0.717, 1.165) is 24.5 Å². The van der Waals surface area contributed by atoms with E-state index in [0.29, 0.717) is 10.9 Å². The van der Waals surface area contributed by atoms with Gasteiger partial charge in [-0.1, -0.05) is 11.6 Å². The van der Waals surface area contributed by atoms with E-state index in [4.69, 9.17) is 23.2 Å². The molecule has 0 radical (unpaired) electrons. The molecule has 0 amide bonds. The van der Waals surface area contributed by atoms with Crippen LogP contribution in [0.15, 0.2) is 12.3 Å². The summed E-state index contributed by atoms with van der Waals surface area (Å²) in [4.78, 5) is 8.51. The molecule has 1 rings (SSSR count). The van der Waals surface area contributed by atoms with Crippen molar-refractivity contribution in [2.45, 2.75) is 5.88 Å². The highest BCUT2D eigenvalue weighted by atomic mass is 35.5. The molecule has 0 bridgehead atoms. The summed E-state index contributed by atoms with van der Waals surface area (Å²) in [5.41, 5.74) is 0.921. The summed E-state index contributed by atoms with van der Waals surface area (Å²) in [6.45, 7) is 1.90. The molecule has 1 aromatic rings. The minimum absolute atomic E-state index is 0.413. The van der Waals surface area contributed by atoms with Gasteiger partial charge >= 0.3 is 0 Å². The van der Waals surface area contributed by atoms with Crippen molar-refractivity contribution in [1.29, 1.82) is 0 Å². The number of hydrogen-bond donors (Lipinski definition) is 0. The molecule has 0 atom stereocenters. The highest BCUT2D eigenvalue weighted by Crippen LogP contribution is 2.21. The Morgan fingerprint density at radius 1 is 1.25 bits per heavy atom. The van der Waals surface area contributed by atoms with Crippen LogP contribution in [-0.4, -0.2) is 44.1 Å². The van der Waals surface area contributed by atoms with Crippen LogP contribution in [0.1, 0.15) is 5.56 Å². The first-order valence-corrected chi connectivity index (χ1v) is 6.02. The summed E-state index contributed by atoms with van der Waals surface area (Å²) in [6, 6.07) is 1.94. The van der Waals surface area contributed by atoms with Gasteiger partial charge in [-0.25, -0.2) is 4.98 Å². The highest BCUT2D eigenvalue weighted by molar-refractivity contribution is 6.32. The number of pyridine rings is 1. The summed E-state index contributed by atoms with van der Waals surface area (Å²) in [6.07, 6.45) is 1.65. The molecule has 0 spiro atoms. The van der Waals surface area contributed by atoms with E-state index in [-0.39, 0.29) is 0 Å². The molecule has 5 heteroatoms. The van der Waals surface area contributed by atoms with E-state index in [9.17, 15) is 0 Å². The average Bonchev–Trinajstić information content (AvgIpc) is 2.26. The second-order valence-corrected chi connectivity index (χ2v) is 4.67. The van der Waals surface area contributed by atoms with E-state index >= 15 is 0 Å². The molecule has 0 aliphatic carbocycles. The van der Waals surface area contributed by atoms with Crippen molar-refractivity contribution in [3.05, 3.63) is 22.8 Å². The van der Waals surface area contributed by atoms with Crippen LogP contribution in [0.25, 0.3) is 0 Å². The van der Waals surface area contributed by atoms with Gasteiger partial charge < -0.3 is 9.80 Å². The topological polar surface area (TPSA) is 19.4 Å². The van der Waals surface area contributed by atoms with Crippen LogP contribution in [0.2, 0.25) is 5.02 Å². The molecule has 1 aromatic heterocycles. The van der Waals surface area contributed by atoms with Crippen LogP contribution < -0.4 is 4.90 Å². The Kier molecular flexibility index (Phi) is 5.32. The molecule has 0 N–H and O–H groups in total. The highest BCUT2D eigenvalue weighted by Gasteiger charge is 2.06. The maximum Gasteiger partial charge on any atom is 0.128 e. The number of likely N-dealkylation sites (N-methyl/N-ethyl adjacent to an activating group) is 2. The smallest absolute Gasteiger partial charge is 0.128 e. The fourth-order valence-corrected chi connectivity index (χ4v) is 1.70. The Bertz CT molecular complexity index is 342. The summed E-state index contributed by atoms with van der Waals surface area (Å²) < 4.78 is 0. The maximum absolute atomic E-state index is 5.95. The van der Waals surface area contributed by atoms with Crippen LogP contribution in [-0.2, 0) is 5.88 Å². The summed E-state index contributed by atoms with van der Waals surface area (Å²) in [5.74, 6) is 1.32. The van der Waals surface area contributed by atoms with Crippen molar-refractivity contribution in [1.82, 2.24) is 9.88 Å². The second-order valence-electron chi connectivity index (χ2n) is 3.99. The number of hydrogen-bond acceptors (Lipinski definition) is 3. The van der Waals surface area contributed by atoms with Gasteiger partial charge in [0.2, 0.25) is 0 Å². The molecule has 3 nitrogen and oxygen atoms in total. The SMILES string of the molecule is CN(C)CCN(C)c1cc(CCl)c(Cl)cn1. The van der Waals surface area contributed by atoms with Crippen LogP contribution in [0.3, 0.4) is 0 Å². The first kappa shape index (κ1) is 13.6. The fraction of sp³-hybridized carbons (Fsp3) is 0.545. The van der Waals surface area contributed by atoms with E-state index < -0.39 is 0 Å². The van der Waals surface area contributed by atoms with Gasteiger partial charge in [0.15, 0.2) is 0 Å². The van der Waals surface area contributed by atoms with Gasteiger partial charge in [0, 0.05) is 32.2 Å². The lowest BCUT2D eigenvalue weighted by Gasteiger charge is -2.21. The Morgan fingerprint density at radius 3 is 2.50 bits per heavy atom. The predicted octanol–water partition coefficient (Wildman–Crippen LogP) is 2.47. The molecule has 0 aromatic carbocycles. The molecule has 0 aliphatic rings. The zero-order valence-corrected chi connectivity index (χ0v) is 11.4. The van der Waals surface area contributed by atoms with Gasteiger partial charge in [-0.15, -0.1) is 11.6 Å². The molecule has 1 heterocycles. The number of rotatable bonds is 5. The first-order chi connectivity index (χ1) is 7.54. The summed E-state index contributed by atoms with van der Waals surface area (Å²) in [5, 5.41) is 0.625. The van der Waals surface area contributed by atoms with Crippen LogP contribution in [0.4, 0.5) is 5.82 Å². The third kappa shape index (κ3) is 3.81. The third-order valence-corrected chi connectivity index (χ3v) is 2.97. The van der Waals surface area contributed by atoms with E-state index in [1.165, 1.54) is 0 Å². The van der Waals surface area contributed by atoms with Gasteiger partial charge in [0.25, 0.3) is 0 Å². The van der Waals surface area contributed by atoms with Gasteiger partial charge in [-0.3, -0.25) is 0 Å². The van der Waals surface area contributed by atoms with E-state index in [1.807, 2.05) is 27.2 Å². The maximum atomic E-state index is 5.95. The van der Waals surface area contributed by atoms with Gasteiger partial charge in [-0.2, -0.15) is 0 Å². The van der Waals surface area contributed by atoms with E-state index in [1.54, 1.807) is 6.20 Å². The second kappa shape index (κ2) is 6.28. The van der Waals surface area contributed by atoms with Gasteiger partial charge in [0.05, 0.1) is 5.02 Å². The Hall–Kier alpha value is -0.510. The molecule has 0 unspecified atom stereocenters. The largest absolute Gasteiger partial charge is 0.358 e. The predicted molar refractivity (Wildman–Crippen MR) is 70.6 cm³/mol. The van der Waals surface area contributed by atoms with Crippen molar-refractivity contribution in [2.24, 2.45) is 0 Å². The number of alkyl halides is 1. The zero-order valence-electron chi connectivity index (χ0n) is 9.87. The molecule has 0 saturated heterocycles. The summed E-state index contributed by atoms with van der Waals surface area (Å²) >= 11 is 11.8. The normalized spacial score (nSPS) is 10.9. The van der Waals surface area contributed by atoms with Crippen LogP contribution in [0.5, 0.6) is 0 Å². The monoisotopic (exact) mass is 261 g/mol. The Labute approximate surface area is 107 Å². The average molecular weight is 262 g/mol. The van der Waals surface area contributed by atoms with Crippen LogP contribution >= 0.6 is 23.2 Å². The fourth-order valence-electron chi connectivity index (χ4n) is 1.24. The van der Waals surface area contributed by atoms with Gasteiger partial charge in [0.1, 0.15) is 5.82 Å². The van der Waals surface area contributed by atoms with Crippen molar-refractivity contribution >= 4 is 29.0 Å². The quantitative estimate of drug-likeness (QED) is 0.760. The zero-order chi connectivity index (χ0) is 12.1. The molecule has 0 fully saturated rings. The lowest BCUT2D eigenvalue weighted by Crippen LogP contribution is -2.29. The lowest BCUT2D eigenvalue weighted by molar-refractivity contribution is 0.416. The number of nitrogens with zero attached hydrogens (tertiary/aromatic N) is 3. The minimum Gasteiger partial charge on any atom is -0.358 e. The molecule has 0 aliphatic heterocycles. The standard InChI is InChI=1S/C11H17Cl2N3/c1-15(2)4-5-16(3)11-6-9(7-12)10(13)8-14-11/h6,8H,4-5,7H2,1-3H3. The molecular formula is C11H17Cl2N3.